The molecule has 0 bridgehead atoms. The second-order valence-electron chi connectivity index (χ2n) is 3.92. The first-order valence-electron chi connectivity index (χ1n) is 5.40. The van der Waals surface area contributed by atoms with Crippen LogP contribution in [0.25, 0.3) is 10.4 Å². The van der Waals surface area contributed by atoms with Crippen molar-refractivity contribution in [2.75, 3.05) is 5.75 Å². The van der Waals surface area contributed by atoms with Gasteiger partial charge in [0, 0.05) is 21.1 Å². The Hall–Kier alpha value is -1.26. The number of primary amides is 1. The van der Waals surface area contributed by atoms with Crippen molar-refractivity contribution in [3.05, 3.63) is 40.8 Å². The summed E-state index contributed by atoms with van der Waals surface area (Å²) >= 11 is 3.39. The maximum Gasteiger partial charge on any atom is 0.258 e. The molecule has 0 fully saturated rings. The van der Waals surface area contributed by atoms with Gasteiger partial charge in [-0.1, -0.05) is 18.2 Å². The van der Waals surface area contributed by atoms with E-state index in [1.54, 1.807) is 0 Å². The summed E-state index contributed by atoms with van der Waals surface area (Å²) in [6.45, 7) is 0. The van der Waals surface area contributed by atoms with E-state index in [4.69, 9.17) is 5.73 Å². The van der Waals surface area contributed by atoms with Gasteiger partial charge in [-0.3, -0.25) is 4.79 Å². The van der Waals surface area contributed by atoms with Gasteiger partial charge in [-0.15, -0.1) is 23.1 Å². The molecule has 0 unspecified atom stereocenters. The number of hydrogen-bond acceptors (Lipinski definition) is 3. The molecule has 0 spiro atoms. The van der Waals surface area contributed by atoms with Gasteiger partial charge in [-0.25, -0.2) is 0 Å². The molecule has 0 saturated carbocycles. The molecular formula is C13H11NOS2. The first kappa shape index (κ1) is 10.9. The third kappa shape index (κ3) is 1.87. The standard InChI is InChI=1S/C13H11NOS2/c14-13(15)11-7-8-5-6-16-10-4-2-1-3-9(10)12(8)17-11/h1-4,7H,5-6H2,(H2,14,15). The molecular weight excluding hydrogens is 250 g/mol. The lowest BCUT2D eigenvalue weighted by Crippen LogP contribution is -2.08. The molecule has 0 radical (unpaired) electrons. The summed E-state index contributed by atoms with van der Waals surface area (Å²) in [5, 5.41) is 0. The van der Waals surface area contributed by atoms with Crippen LogP contribution in [0.3, 0.4) is 0 Å². The monoisotopic (exact) mass is 261 g/mol. The molecule has 86 valence electrons. The lowest BCUT2D eigenvalue weighted by atomic mass is 10.1. The zero-order valence-electron chi connectivity index (χ0n) is 9.10. The van der Waals surface area contributed by atoms with E-state index in [0.717, 1.165) is 12.2 Å². The lowest BCUT2D eigenvalue weighted by Gasteiger charge is -2.03. The summed E-state index contributed by atoms with van der Waals surface area (Å²) < 4.78 is 0. The Morgan fingerprint density at radius 1 is 1.29 bits per heavy atom. The summed E-state index contributed by atoms with van der Waals surface area (Å²) in [7, 11) is 0. The van der Waals surface area contributed by atoms with E-state index < -0.39 is 0 Å². The number of thioether (sulfide) groups is 1. The molecule has 1 amide bonds. The zero-order valence-corrected chi connectivity index (χ0v) is 10.7. The summed E-state index contributed by atoms with van der Waals surface area (Å²) in [5.74, 6) is 0.729. The molecule has 2 N–H and O–H groups in total. The third-order valence-electron chi connectivity index (χ3n) is 2.81. The van der Waals surface area contributed by atoms with Crippen molar-refractivity contribution in [2.24, 2.45) is 5.73 Å². The van der Waals surface area contributed by atoms with Gasteiger partial charge in [-0.2, -0.15) is 0 Å². The fourth-order valence-electron chi connectivity index (χ4n) is 2.01. The second kappa shape index (κ2) is 4.20. The minimum atomic E-state index is -0.326. The van der Waals surface area contributed by atoms with Crippen molar-refractivity contribution in [1.82, 2.24) is 0 Å². The molecule has 4 heteroatoms. The van der Waals surface area contributed by atoms with Crippen molar-refractivity contribution < 1.29 is 4.79 Å². The summed E-state index contributed by atoms with van der Waals surface area (Å²) in [6, 6.07) is 10.3. The molecule has 3 rings (SSSR count). The van der Waals surface area contributed by atoms with Crippen molar-refractivity contribution in [2.45, 2.75) is 11.3 Å². The molecule has 0 atom stereocenters. The van der Waals surface area contributed by atoms with E-state index >= 15 is 0 Å². The van der Waals surface area contributed by atoms with E-state index in [2.05, 4.69) is 18.2 Å². The molecule has 0 aliphatic carbocycles. The Balaban J connectivity index is 2.21. The molecule has 1 aromatic heterocycles. The van der Waals surface area contributed by atoms with Crippen molar-refractivity contribution >= 4 is 29.0 Å². The topological polar surface area (TPSA) is 43.1 Å². The first-order valence-corrected chi connectivity index (χ1v) is 7.20. The molecule has 2 nitrogen and oxygen atoms in total. The predicted octanol–water partition coefficient (Wildman–Crippen LogP) is 3.16. The highest BCUT2D eigenvalue weighted by Gasteiger charge is 2.19. The SMILES string of the molecule is NC(=O)c1cc2c(s1)-c1ccccc1SCC2. The van der Waals surface area contributed by atoms with Crippen molar-refractivity contribution in [1.29, 1.82) is 0 Å². The fraction of sp³-hybridized carbons (Fsp3) is 0.154. The van der Waals surface area contributed by atoms with Crippen LogP contribution in [-0.2, 0) is 6.42 Å². The average Bonchev–Trinajstić information content (AvgIpc) is 2.67. The molecule has 1 aromatic carbocycles. The normalized spacial score (nSPS) is 13.6. The smallest absolute Gasteiger partial charge is 0.258 e. The summed E-state index contributed by atoms with van der Waals surface area (Å²) in [6.07, 6.45) is 0.998. The van der Waals surface area contributed by atoms with Gasteiger partial charge in [0.15, 0.2) is 0 Å². The van der Waals surface area contributed by atoms with E-state index in [1.807, 2.05) is 23.9 Å². The van der Waals surface area contributed by atoms with Gasteiger partial charge in [0.25, 0.3) is 5.91 Å². The number of benzene rings is 1. The Kier molecular flexibility index (Phi) is 2.68. The van der Waals surface area contributed by atoms with Gasteiger partial charge in [-0.05, 0) is 24.1 Å². The number of rotatable bonds is 1. The highest BCUT2D eigenvalue weighted by molar-refractivity contribution is 7.99. The van der Waals surface area contributed by atoms with Crippen LogP contribution in [0.1, 0.15) is 15.2 Å². The third-order valence-corrected chi connectivity index (χ3v) is 5.11. The molecule has 2 aromatic rings. The van der Waals surface area contributed by atoms with Crippen LogP contribution in [0.15, 0.2) is 35.2 Å². The Morgan fingerprint density at radius 3 is 2.94 bits per heavy atom. The van der Waals surface area contributed by atoms with Gasteiger partial charge in [0.2, 0.25) is 0 Å². The number of nitrogens with two attached hydrogens (primary N) is 1. The van der Waals surface area contributed by atoms with E-state index in [0.29, 0.717) is 4.88 Å². The number of hydrogen-bond donors (Lipinski definition) is 1. The van der Waals surface area contributed by atoms with E-state index in [1.165, 1.54) is 32.2 Å². The largest absolute Gasteiger partial charge is 0.365 e. The van der Waals surface area contributed by atoms with Crippen LogP contribution in [0.4, 0.5) is 0 Å². The molecule has 2 heterocycles. The van der Waals surface area contributed by atoms with Crippen LogP contribution in [0.5, 0.6) is 0 Å². The number of fused-ring (bicyclic) bond motifs is 3. The number of thiophene rings is 1. The highest BCUT2D eigenvalue weighted by Crippen LogP contribution is 2.41. The van der Waals surface area contributed by atoms with Crippen molar-refractivity contribution in [3.8, 4) is 10.4 Å². The van der Waals surface area contributed by atoms with E-state index in [9.17, 15) is 4.79 Å². The maximum atomic E-state index is 11.2. The molecule has 0 saturated heterocycles. The summed E-state index contributed by atoms with van der Waals surface area (Å²) in [5.41, 5.74) is 7.84. The molecule has 17 heavy (non-hydrogen) atoms. The van der Waals surface area contributed by atoms with Gasteiger partial charge < -0.3 is 5.73 Å². The zero-order chi connectivity index (χ0) is 11.8. The molecule has 1 aliphatic heterocycles. The second-order valence-corrected chi connectivity index (χ2v) is 6.11. The van der Waals surface area contributed by atoms with Gasteiger partial charge in [0.1, 0.15) is 0 Å². The number of amides is 1. The first-order chi connectivity index (χ1) is 8.25. The van der Waals surface area contributed by atoms with Gasteiger partial charge >= 0.3 is 0 Å². The van der Waals surface area contributed by atoms with Crippen molar-refractivity contribution in [3.63, 3.8) is 0 Å². The number of carbonyl (C=O) groups excluding carboxylic acids is 1. The summed E-state index contributed by atoms with van der Waals surface area (Å²) in [4.78, 5) is 14.4. The fourth-order valence-corrected chi connectivity index (χ4v) is 4.22. The quantitative estimate of drug-likeness (QED) is 0.857. The van der Waals surface area contributed by atoms with Gasteiger partial charge in [0.05, 0.1) is 4.88 Å². The van der Waals surface area contributed by atoms with Crippen LogP contribution in [0.2, 0.25) is 0 Å². The van der Waals surface area contributed by atoms with Crippen LogP contribution >= 0.6 is 23.1 Å². The van der Waals surface area contributed by atoms with Crippen LogP contribution in [0, 0.1) is 0 Å². The highest BCUT2D eigenvalue weighted by atomic mass is 32.2. The van der Waals surface area contributed by atoms with E-state index in [-0.39, 0.29) is 5.91 Å². The molecule has 1 aliphatic rings. The minimum absolute atomic E-state index is 0.326. The maximum absolute atomic E-state index is 11.2. The Labute approximate surface area is 108 Å². The minimum Gasteiger partial charge on any atom is -0.365 e. The lowest BCUT2D eigenvalue weighted by molar-refractivity contribution is 0.100. The number of aryl methyl sites for hydroxylation is 1. The predicted molar refractivity (Wildman–Crippen MR) is 72.7 cm³/mol. The van der Waals surface area contributed by atoms with Crippen LogP contribution < -0.4 is 5.73 Å². The number of carbonyl (C=O) groups is 1. The van der Waals surface area contributed by atoms with Crippen LogP contribution in [-0.4, -0.2) is 11.7 Å². The average molecular weight is 261 g/mol. The Bertz CT molecular complexity index is 589. The Morgan fingerprint density at radius 2 is 2.12 bits per heavy atom.